The number of hydrogen-bond donors (Lipinski definition) is 1. The summed E-state index contributed by atoms with van der Waals surface area (Å²) in [6, 6.07) is 3.20. The molecule has 264 valence electrons. The van der Waals surface area contributed by atoms with Crippen LogP contribution in [-0.2, 0) is 24.4 Å². The maximum Gasteiger partial charge on any atom is 0.417 e. The Morgan fingerprint density at radius 1 is 1.04 bits per heavy atom. The zero-order valence-electron chi connectivity index (χ0n) is 30.7. The van der Waals surface area contributed by atoms with Crippen LogP contribution in [0, 0.1) is 18.8 Å². The molecule has 0 aliphatic carbocycles. The van der Waals surface area contributed by atoms with Crippen molar-refractivity contribution < 1.29 is 17.9 Å². The third kappa shape index (κ3) is 13.9. The molecule has 4 rings (SSSR count). The van der Waals surface area contributed by atoms with Crippen molar-refractivity contribution in [2.75, 3.05) is 33.4 Å². The fraction of sp³-hybridized carbons (Fsp3) is 0.711. The number of aryl methyl sites for hydroxylation is 3. The summed E-state index contributed by atoms with van der Waals surface area (Å²) in [6.45, 7) is 21.0. The Balaban J connectivity index is 0.000000364. The number of benzene rings is 1. The lowest BCUT2D eigenvalue weighted by Gasteiger charge is -2.32. The zero-order chi connectivity index (χ0) is 34.9. The van der Waals surface area contributed by atoms with Crippen LogP contribution >= 0.6 is 0 Å². The van der Waals surface area contributed by atoms with E-state index in [1.54, 1.807) is 26.2 Å². The maximum absolute atomic E-state index is 13.3. The second-order valence-corrected chi connectivity index (χ2v) is 12.9. The first-order valence-electron chi connectivity index (χ1n) is 17.7. The number of hydrogen-bond acceptors (Lipinski definition) is 4. The summed E-state index contributed by atoms with van der Waals surface area (Å²) in [5.41, 5.74) is 11.1. The monoisotopic (exact) mass is 651 g/mol. The number of rotatable bonds is 9. The first kappa shape index (κ1) is 41.9. The van der Waals surface area contributed by atoms with Gasteiger partial charge in [-0.3, -0.25) is 4.68 Å². The number of likely N-dealkylation sites (N-methyl/N-ethyl adjacent to an activating group) is 1. The van der Waals surface area contributed by atoms with Crippen LogP contribution < -0.4 is 5.73 Å². The topological polar surface area (TPSA) is 56.3 Å². The van der Waals surface area contributed by atoms with Gasteiger partial charge in [0.05, 0.1) is 11.8 Å². The molecule has 2 aliphatic rings. The number of ether oxygens (including phenoxy) is 1. The molecule has 8 heteroatoms. The molecule has 0 amide bonds. The molecule has 2 aliphatic heterocycles. The van der Waals surface area contributed by atoms with E-state index in [-0.39, 0.29) is 11.6 Å². The van der Waals surface area contributed by atoms with Crippen molar-refractivity contribution >= 4 is 0 Å². The second kappa shape index (κ2) is 21.7. The van der Waals surface area contributed by atoms with Crippen LogP contribution in [-0.4, -0.2) is 54.1 Å². The third-order valence-electron chi connectivity index (χ3n) is 9.15. The van der Waals surface area contributed by atoms with E-state index in [9.17, 15) is 13.2 Å². The summed E-state index contributed by atoms with van der Waals surface area (Å²) >= 11 is 0. The summed E-state index contributed by atoms with van der Waals surface area (Å²) in [4.78, 5) is 2.37. The van der Waals surface area contributed by atoms with Crippen LogP contribution in [0.25, 0.3) is 11.1 Å². The van der Waals surface area contributed by atoms with Gasteiger partial charge in [-0.15, -0.1) is 0 Å². The Kier molecular flexibility index (Phi) is 19.7. The highest BCUT2D eigenvalue weighted by Gasteiger charge is 2.34. The molecule has 1 fully saturated rings. The van der Waals surface area contributed by atoms with Gasteiger partial charge in [0, 0.05) is 51.2 Å². The zero-order valence-corrected chi connectivity index (χ0v) is 30.7. The molecule has 0 saturated carbocycles. The van der Waals surface area contributed by atoms with Crippen LogP contribution in [0.1, 0.15) is 117 Å². The predicted octanol–water partition coefficient (Wildman–Crippen LogP) is 10.0. The smallest absolute Gasteiger partial charge is 0.381 e. The third-order valence-corrected chi connectivity index (χ3v) is 9.15. The minimum Gasteiger partial charge on any atom is -0.381 e. The Morgan fingerprint density at radius 3 is 2.22 bits per heavy atom. The van der Waals surface area contributed by atoms with E-state index in [0.29, 0.717) is 17.0 Å². The van der Waals surface area contributed by atoms with Crippen molar-refractivity contribution in [1.82, 2.24) is 14.7 Å². The van der Waals surface area contributed by atoms with Gasteiger partial charge in [0.15, 0.2) is 0 Å². The van der Waals surface area contributed by atoms with E-state index >= 15 is 0 Å². The number of aromatic nitrogens is 2. The summed E-state index contributed by atoms with van der Waals surface area (Å²) < 4.78 is 46.6. The van der Waals surface area contributed by atoms with Crippen LogP contribution in [0.15, 0.2) is 35.7 Å². The minimum atomic E-state index is -4.36. The number of unbranched alkanes of at least 4 members (excludes halogenated alkanes) is 1. The van der Waals surface area contributed by atoms with Gasteiger partial charge in [0.25, 0.3) is 0 Å². The molecule has 0 spiro atoms. The number of halogens is 3. The Morgan fingerprint density at radius 2 is 1.70 bits per heavy atom. The highest BCUT2D eigenvalue weighted by molar-refractivity contribution is 5.68. The summed E-state index contributed by atoms with van der Waals surface area (Å²) in [5, 5.41) is 3.98. The van der Waals surface area contributed by atoms with Crippen LogP contribution in [0.4, 0.5) is 13.2 Å². The molecule has 46 heavy (non-hydrogen) atoms. The highest BCUT2D eigenvalue weighted by atomic mass is 19.4. The van der Waals surface area contributed by atoms with E-state index in [1.165, 1.54) is 73.2 Å². The maximum atomic E-state index is 13.3. The standard InChI is InChI=1S/C16H19F3N2.C12H24N2.C8H16O.C2H6/c1-4-5-6-12-8-14(13-9-20-21(3)10-13)15(7-11(12)2)16(17,18)19;1-5-9(2)12(13)11-8-14(4)7-6-10(11)3;1-2-3-8-4-6-9-7-5-8;1-2/h7-10H,4-6H2,1-3H3;9,12H,5-8,13H2,1-4H3;8H,2-7H2,1H3;1-2H3. The Hall–Kier alpha value is -2.16. The first-order valence-corrected chi connectivity index (χ1v) is 17.7. The first-order chi connectivity index (χ1) is 21.8. The number of alkyl halides is 3. The van der Waals surface area contributed by atoms with Gasteiger partial charge in [-0.25, -0.2) is 0 Å². The van der Waals surface area contributed by atoms with Crippen LogP contribution in [0.3, 0.4) is 0 Å². The van der Waals surface area contributed by atoms with Crippen molar-refractivity contribution in [1.29, 1.82) is 0 Å². The average Bonchev–Trinajstić information content (AvgIpc) is 3.48. The molecule has 5 nitrogen and oxygen atoms in total. The van der Waals surface area contributed by atoms with Crippen LogP contribution in [0.2, 0.25) is 0 Å². The normalized spacial score (nSPS) is 17.2. The quantitative estimate of drug-likeness (QED) is 0.275. The molecule has 3 heterocycles. The Bertz CT molecular complexity index is 1150. The van der Waals surface area contributed by atoms with Crippen molar-refractivity contribution in [3.05, 3.63) is 52.4 Å². The highest BCUT2D eigenvalue weighted by Crippen LogP contribution is 2.39. The molecule has 1 aromatic carbocycles. The van der Waals surface area contributed by atoms with E-state index in [2.05, 4.69) is 51.7 Å². The van der Waals surface area contributed by atoms with Crippen molar-refractivity contribution in [2.24, 2.45) is 24.6 Å². The average molecular weight is 651 g/mol. The Labute approximate surface area is 279 Å². The second-order valence-electron chi connectivity index (χ2n) is 12.9. The van der Waals surface area contributed by atoms with Crippen molar-refractivity contribution in [2.45, 2.75) is 125 Å². The molecule has 1 aromatic heterocycles. The van der Waals surface area contributed by atoms with Gasteiger partial charge in [0.2, 0.25) is 0 Å². The lowest BCUT2D eigenvalue weighted by atomic mass is 9.87. The van der Waals surface area contributed by atoms with Gasteiger partial charge in [-0.2, -0.15) is 18.3 Å². The van der Waals surface area contributed by atoms with Gasteiger partial charge in [-0.05, 0) is 93.2 Å². The van der Waals surface area contributed by atoms with Gasteiger partial charge >= 0.3 is 6.18 Å². The minimum absolute atomic E-state index is 0.215. The summed E-state index contributed by atoms with van der Waals surface area (Å²) in [5.74, 6) is 1.58. The molecule has 2 unspecified atom stereocenters. The van der Waals surface area contributed by atoms with Crippen molar-refractivity contribution in [3.63, 3.8) is 0 Å². The number of nitrogens with two attached hydrogens (primary N) is 1. The predicted molar refractivity (Wildman–Crippen MR) is 189 cm³/mol. The summed E-state index contributed by atoms with van der Waals surface area (Å²) in [7, 11) is 3.87. The lowest BCUT2D eigenvalue weighted by Crippen LogP contribution is -2.39. The fourth-order valence-corrected chi connectivity index (χ4v) is 5.88. The number of nitrogens with zero attached hydrogens (tertiary/aromatic N) is 3. The molecule has 2 atom stereocenters. The summed E-state index contributed by atoms with van der Waals surface area (Å²) in [6.07, 6.45) is 9.22. The molecule has 1 saturated heterocycles. The van der Waals surface area contributed by atoms with Gasteiger partial charge in [-0.1, -0.05) is 78.9 Å². The van der Waals surface area contributed by atoms with E-state index in [1.807, 2.05) is 13.8 Å². The molecular weight excluding hydrogens is 585 g/mol. The van der Waals surface area contributed by atoms with E-state index < -0.39 is 11.7 Å². The molecule has 2 aromatic rings. The van der Waals surface area contributed by atoms with Gasteiger partial charge < -0.3 is 15.4 Å². The molecule has 0 bridgehead atoms. The van der Waals surface area contributed by atoms with Crippen LogP contribution in [0.5, 0.6) is 0 Å². The van der Waals surface area contributed by atoms with E-state index in [4.69, 9.17) is 10.5 Å². The largest absolute Gasteiger partial charge is 0.417 e. The molecule has 0 radical (unpaired) electrons. The molecular formula is C38H65F3N4O. The van der Waals surface area contributed by atoms with Crippen molar-refractivity contribution in [3.8, 4) is 11.1 Å². The van der Waals surface area contributed by atoms with E-state index in [0.717, 1.165) is 50.5 Å². The molecule has 2 N–H and O–H groups in total. The fourth-order valence-electron chi connectivity index (χ4n) is 5.88. The lowest BCUT2D eigenvalue weighted by molar-refractivity contribution is -0.137. The SMILES string of the molecule is CC.CCC(C)C(N)C1=C(C)CCN(C)C1.CCCC1CCOCC1.CCCCc1cc(-c2cnn(C)c2)c(C(F)(F)F)cc1C. The van der Waals surface area contributed by atoms with Gasteiger partial charge in [0.1, 0.15) is 0 Å².